The number of hydrogen-bond donors (Lipinski definition) is 0. The zero-order valence-corrected chi connectivity index (χ0v) is 13.0. The van der Waals surface area contributed by atoms with Crippen molar-refractivity contribution in [2.45, 2.75) is 27.2 Å². The summed E-state index contributed by atoms with van der Waals surface area (Å²) >= 11 is 0. The third-order valence-corrected chi connectivity index (χ3v) is 3.65. The Morgan fingerprint density at radius 1 is 1.14 bits per heavy atom. The van der Waals surface area contributed by atoms with Crippen molar-refractivity contribution in [3.8, 4) is 0 Å². The fourth-order valence-electron chi connectivity index (χ4n) is 2.39. The highest BCUT2D eigenvalue weighted by molar-refractivity contribution is 6.01. The van der Waals surface area contributed by atoms with E-state index >= 15 is 0 Å². The number of ether oxygens (including phenoxy) is 1. The maximum atomic E-state index is 12.5. The number of benzene rings is 1. The molecule has 2 rings (SSSR count). The quantitative estimate of drug-likeness (QED) is 0.802. The minimum Gasteiger partial charge on any atom is -0.378 e. The van der Waals surface area contributed by atoms with Crippen LogP contribution in [0, 0.1) is 5.41 Å². The molecule has 1 aromatic rings. The predicted molar refractivity (Wildman–Crippen MR) is 81.3 cm³/mol. The standard InChI is InChI=1S/C17H23NO3/c1-17(2,3)16(20)14-7-5-4-6-13(14)12-15(19)18-8-10-21-11-9-18/h4-7H,8-12H2,1-3H3. The average molecular weight is 289 g/mol. The molecule has 1 amide bonds. The van der Waals surface area contributed by atoms with Crippen molar-refractivity contribution in [1.82, 2.24) is 4.90 Å². The molecular weight excluding hydrogens is 266 g/mol. The van der Waals surface area contributed by atoms with Gasteiger partial charge in [0.1, 0.15) is 0 Å². The van der Waals surface area contributed by atoms with E-state index in [1.807, 2.05) is 49.9 Å². The molecule has 0 radical (unpaired) electrons. The molecule has 1 aromatic carbocycles. The van der Waals surface area contributed by atoms with E-state index in [-0.39, 0.29) is 18.1 Å². The molecule has 21 heavy (non-hydrogen) atoms. The predicted octanol–water partition coefficient (Wildman–Crippen LogP) is 2.32. The van der Waals surface area contributed by atoms with Gasteiger partial charge < -0.3 is 9.64 Å². The van der Waals surface area contributed by atoms with Crippen molar-refractivity contribution in [1.29, 1.82) is 0 Å². The van der Waals surface area contributed by atoms with Gasteiger partial charge in [-0.2, -0.15) is 0 Å². The maximum Gasteiger partial charge on any atom is 0.227 e. The zero-order chi connectivity index (χ0) is 15.5. The molecule has 1 aliphatic rings. The first-order valence-corrected chi connectivity index (χ1v) is 7.38. The van der Waals surface area contributed by atoms with Crippen LogP contribution in [0.1, 0.15) is 36.7 Å². The van der Waals surface area contributed by atoms with E-state index in [2.05, 4.69) is 0 Å². The Labute approximate surface area is 126 Å². The van der Waals surface area contributed by atoms with Gasteiger partial charge in [-0.05, 0) is 5.56 Å². The molecule has 0 aromatic heterocycles. The number of carbonyl (C=O) groups is 2. The summed E-state index contributed by atoms with van der Waals surface area (Å²) in [6, 6.07) is 7.41. The molecule has 1 aliphatic heterocycles. The minimum atomic E-state index is -0.446. The topological polar surface area (TPSA) is 46.6 Å². The SMILES string of the molecule is CC(C)(C)C(=O)c1ccccc1CC(=O)N1CCOCC1. The number of amides is 1. The number of rotatable bonds is 3. The van der Waals surface area contributed by atoms with Crippen LogP contribution in [0.15, 0.2) is 24.3 Å². The molecule has 114 valence electrons. The van der Waals surface area contributed by atoms with Crippen molar-refractivity contribution in [3.63, 3.8) is 0 Å². The van der Waals surface area contributed by atoms with Gasteiger partial charge in [0, 0.05) is 24.1 Å². The minimum absolute atomic E-state index is 0.0625. The summed E-state index contributed by atoms with van der Waals surface area (Å²) in [6.45, 7) is 8.15. The molecule has 4 nitrogen and oxygen atoms in total. The maximum absolute atomic E-state index is 12.5. The highest BCUT2D eigenvalue weighted by atomic mass is 16.5. The van der Waals surface area contributed by atoms with Gasteiger partial charge in [-0.1, -0.05) is 45.0 Å². The molecule has 0 spiro atoms. The summed E-state index contributed by atoms with van der Waals surface area (Å²) < 4.78 is 5.26. The fraction of sp³-hybridized carbons (Fsp3) is 0.529. The van der Waals surface area contributed by atoms with Crippen LogP contribution in [0.3, 0.4) is 0 Å². The second-order valence-electron chi connectivity index (χ2n) is 6.41. The summed E-state index contributed by atoms with van der Waals surface area (Å²) in [5.41, 5.74) is 1.03. The van der Waals surface area contributed by atoms with E-state index in [0.717, 1.165) is 5.56 Å². The van der Waals surface area contributed by atoms with E-state index in [9.17, 15) is 9.59 Å². The van der Waals surface area contributed by atoms with Crippen LogP contribution in [0.5, 0.6) is 0 Å². The van der Waals surface area contributed by atoms with Crippen molar-refractivity contribution in [2.75, 3.05) is 26.3 Å². The molecule has 1 fully saturated rings. The number of hydrogen-bond acceptors (Lipinski definition) is 3. The van der Waals surface area contributed by atoms with Crippen molar-refractivity contribution in [2.24, 2.45) is 5.41 Å². The second-order valence-corrected chi connectivity index (χ2v) is 6.41. The molecule has 0 saturated carbocycles. The van der Waals surface area contributed by atoms with E-state index in [1.54, 1.807) is 0 Å². The lowest BCUT2D eigenvalue weighted by atomic mass is 9.84. The molecular formula is C17H23NO3. The monoisotopic (exact) mass is 289 g/mol. The van der Waals surface area contributed by atoms with E-state index in [0.29, 0.717) is 31.9 Å². The van der Waals surface area contributed by atoms with Crippen LogP contribution >= 0.6 is 0 Å². The molecule has 0 bridgehead atoms. The zero-order valence-electron chi connectivity index (χ0n) is 13.0. The van der Waals surface area contributed by atoms with Gasteiger partial charge in [0.15, 0.2) is 5.78 Å². The Kier molecular flexibility index (Phi) is 4.78. The number of morpholine rings is 1. The van der Waals surface area contributed by atoms with Crippen LogP contribution in [-0.2, 0) is 16.0 Å². The summed E-state index contributed by atoms with van der Waals surface area (Å²) in [7, 11) is 0. The summed E-state index contributed by atoms with van der Waals surface area (Å²) in [5, 5.41) is 0. The first-order chi connectivity index (χ1) is 9.89. The fourth-order valence-corrected chi connectivity index (χ4v) is 2.39. The van der Waals surface area contributed by atoms with Crippen LogP contribution in [0.4, 0.5) is 0 Å². The van der Waals surface area contributed by atoms with Gasteiger partial charge in [0.25, 0.3) is 0 Å². The number of ketones is 1. The van der Waals surface area contributed by atoms with E-state index < -0.39 is 5.41 Å². The first-order valence-electron chi connectivity index (χ1n) is 7.38. The van der Waals surface area contributed by atoms with Gasteiger partial charge in [0.05, 0.1) is 19.6 Å². The van der Waals surface area contributed by atoms with E-state index in [1.165, 1.54) is 0 Å². The largest absolute Gasteiger partial charge is 0.378 e. The summed E-state index contributed by atoms with van der Waals surface area (Å²) in [5.74, 6) is 0.139. The second kappa shape index (κ2) is 6.39. The Hall–Kier alpha value is -1.68. The van der Waals surface area contributed by atoms with Crippen molar-refractivity contribution in [3.05, 3.63) is 35.4 Å². The number of carbonyl (C=O) groups excluding carboxylic acids is 2. The Morgan fingerprint density at radius 2 is 1.76 bits per heavy atom. The number of nitrogens with zero attached hydrogens (tertiary/aromatic N) is 1. The highest BCUT2D eigenvalue weighted by Gasteiger charge is 2.26. The van der Waals surface area contributed by atoms with Crippen molar-refractivity contribution >= 4 is 11.7 Å². The smallest absolute Gasteiger partial charge is 0.227 e. The third-order valence-electron chi connectivity index (χ3n) is 3.65. The average Bonchev–Trinajstić information content (AvgIpc) is 2.47. The van der Waals surface area contributed by atoms with Gasteiger partial charge in [0.2, 0.25) is 5.91 Å². The molecule has 0 aliphatic carbocycles. The third kappa shape index (κ3) is 3.91. The lowest BCUT2D eigenvalue weighted by Crippen LogP contribution is -2.41. The van der Waals surface area contributed by atoms with E-state index in [4.69, 9.17) is 4.74 Å². The molecule has 0 atom stereocenters. The normalized spacial score (nSPS) is 15.9. The van der Waals surface area contributed by atoms with Crippen LogP contribution in [0.25, 0.3) is 0 Å². The van der Waals surface area contributed by atoms with Crippen LogP contribution in [0.2, 0.25) is 0 Å². The molecule has 1 saturated heterocycles. The summed E-state index contributed by atoms with van der Waals surface area (Å²) in [6.07, 6.45) is 0.276. The van der Waals surface area contributed by atoms with Gasteiger partial charge in [-0.15, -0.1) is 0 Å². The van der Waals surface area contributed by atoms with Gasteiger partial charge in [-0.3, -0.25) is 9.59 Å². The highest BCUT2D eigenvalue weighted by Crippen LogP contribution is 2.23. The van der Waals surface area contributed by atoms with Gasteiger partial charge in [-0.25, -0.2) is 0 Å². The van der Waals surface area contributed by atoms with Gasteiger partial charge >= 0.3 is 0 Å². The lowest BCUT2D eigenvalue weighted by Gasteiger charge is -2.27. The van der Waals surface area contributed by atoms with Crippen LogP contribution < -0.4 is 0 Å². The number of Topliss-reactive ketones (excluding diaryl/α,β-unsaturated/α-hetero) is 1. The van der Waals surface area contributed by atoms with Crippen LogP contribution in [-0.4, -0.2) is 42.9 Å². The Balaban J connectivity index is 2.16. The summed E-state index contributed by atoms with van der Waals surface area (Å²) in [4.78, 5) is 26.7. The Morgan fingerprint density at radius 3 is 2.38 bits per heavy atom. The molecule has 0 N–H and O–H groups in total. The molecule has 0 unspecified atom stereocenters. The first kappa shape index (κ1) is 15.7. The Bertz CT molecular complexity index is 525. The molecule has 1 heterocycles. The molecule has 4 heteroatoms. The van der Waals surface area contributed by atoms with Crippen molar-refractivity contribution < 1.29 is 14.3 Å². The lowest BCUT2D eigenvalue weighted by molar-refractivity contribution is -0.134.